The number of carbonyl (C=O) groups is 1. The minimum Gasteiger partial charge on any atom is -0.480 e. The summed E-state index contributed by atoms with van der Waals surface area (Å²) in [6.07, 6.45) is 4.79. The van der Waals surface area contributed by atoms with Crippen molar-refractivity contribution in [2.75, 3.05) is 5.32 Å². The summed E-state index contributed by atoms with van der Waals surface area (Å²) in [4.78, 5) is 21.3. The number of hydrogen-bond acceptors (Lipinski definition) is 6. The van der Waals surface area contributed by atoms with E-state index >= 15 is 0 Å². The highest BCUT2D eigenvalue weighted by molar-refractivity contribution is 8.01. The zero-order valence-corrected chi connectivity index (χ0v) is 18.4. The van der Waals surface area contributed by atoms with Gasteiger partial charge >= 0.3 is 5.97 Å². The molecule has 0 aliphatic heterocycles. The summed E-state index contributed by atoms with van der Waals surface area (Å²) in [7, 11) is 0. The highest BCUT2D eigenvalue weighted by atomic mass is 32.2. The molecule has 0 bridgehead atoms. The van der Waals surface area contributed by atoms with Gasteiger partial charge in [-0.15, -0.1) is 11.3 Å². The van der Waals surface area contributed by atoms with Gasteiger partial charge in [-0.2, -0.15) is 0 Å². The first kappa shape index (κ1) is 19.1. The van der Waals surface area contributed by atoms with Gasteiger partial charge in [0.2, 0.25) is 0 Å². The molecule has 0 spiro atoms. The lowest BCUT2D eigenvalue weighted by Crippen LogP contribution is -2.42. The summed E-state index contributed by atoms with van der Waals surface area (Å²) in [5.74, 6) is 0.653. The van der Waals surface area contributed by atoms with Gasteiger partial charge in [0.15, 0.2) is 11.0 Å². The van der Waals surface area contributed by atoms with Crippen LogP contribution in [0.4, 0.5) is 11.5 Å². The van der Waals surface area contributed by atoms with Gasteiger partial charge < -0.3 is 10.4 Å². The molecule has 2 fully saturated rings. The first-order chi connectivity index (χ1) is 15.1. The third-order valence-corrected chi connectivity index (χ3v) is 8.60. The molecule has 156 valence electrons. The lowest BCUT2D eigenvalue weighted by atomic mass is 9.84. The molecular weight excluding hydrogens is 426 g/mol. The Morgan fingerprint density at radius 3 is 2.61 bits per heavy atom. The smallest absolute Gasteiger partial charge is 0.320 e. The maximum absolute atomic E-state index is 11.8. The van der Waals surface area contributed by atoms with Crippen LogP contribution in [0.1, 0.15) is 43.6 Å². The maximum Gasteiger partial charge on any atom is 0.320 e. The van der Waals surface area contributed by atoms with E-state index < -0.39 is 10.7 Å². The predicted octanol–water partition coefficient (Wildman–Crippen LogP) is 6.56. The van der Waals surface area contributed by atoms with E-state index in [0.29, 0.717) is 23.9 Å². The van der Waals surface area contributed by atoms with Crippen LogP contribution < -0.4 is 5.32 Å². The van der Waals surface area contributed by atoms with E-state index in [4.69, 9.17) is 4.98 Å². The first-order valence-electron chi connectivity index (χ1n) is 10.6. The molecule has 6 rings (SSSR count). The second-order valence-electron chi connectivity index (χ2n) is 8.39. The normalized spacial score (nSPS) is 17.5. The average Bonchev–Trinajstić information content (AvgIpc) is 3.47. The SMILES string of the molecule is O=C(O)C1(Sc2nc(Nc3ccc(C4CC4)c4ccccc34)c3sccc3n2)CCC1. The van der Waals surface area contributed by atoms with Crippen molar-refractivity contribution in [2.45, 2.75) is 47.9 Å². The molecule has 4 aromatic rings. The van der Waals surface area contributed by atoms with Gasteiger partial charge in [-0.25, -0.2) is 9.97 Å². The molecular formula is C24H21N3O2S2. The van der Waals surface area contributed by atoms with Gasteiger partial charge in [0.25, 0.3) is 0 Å². The third kappa shape index (κ3) is 3.27. The molecule has 7 heteroatoms. The van der Waals surface area contributed by atoms with Crippen molar-refractivity contribution in [1.29, 1.82) is 0 Å². The number of thiophene rings is 1. The standard InChI is InChI=1S/C24H21N3O2S2/c28-22(29)24(11-3-12-24)31-23-26-19-10-13-30-20(19)21(27-23)25-18-9-8-15(14-6-7-14)16-4-1-2-5-17(16)18/h1-2,4-5,8-10,13-14H,3,6-7,11-12H2,(H,28,29)(H,25,26,27). The van der Waals surface area contributed by atoms with Crippen LogP contribution in [0, 0.1) is 0 Å². The Labute approximate surface area is 187 Å². The summed E-state index contributed by atoms with van der Waals surface area (Å²) < 4.78 is 0.192. The molecule has 2 aliphatic carbocycles. The van der Waals surface area contributed by atoms with E-state index in [9.17, 15) is 9.90 Å². The second kappa shape index (κ2) is 7.21. The van der Waals surface area contributed by atoms with Crippen LogP contribution in [-0.4, -0.2) is 25.8 Å². The topological polar surface area (TPSA) is 75.1 Å². The molecule has 0 saturated heterocycles. The minimum atomic E-state index is -0.792. The Morgan fingerprint density at radius 2 is 1.90 bits per heavy atom. The zero-order valence-electron chi connectivity index (χ0n) is 16.8. The molecule has 31 heavy (non-hydrogen) atoms. The minimum absolute atomic E-state index is 0.523. The molecule has 0 amide bonds. The quantitative estimate of drug-likeness (QED) is 0.326. The molecule has 2 aromatic carbocycles. The number of rotatable bonds is 6. The monoisotopic (exact) mass is 447 g/mol. The summed E-state index contributed by atoms with van der Waals surface area (Å²) >= 11 is 2.89. The molecule has 0 unspecified atom stereocenters. The fraction of sp³-hybridized carbons (Fsp3) is 0.292. The number of benzene rings is 2. The number of nitrogens with zero attached hydrogens (tertiary/aromatic N) is 2. The number of nitrogens with one attached hydrogen (secondary N) is 1. The van der Waals surface area contributed by atoms with Gasteiger partial charge in [0, 0.05) is 11.1 Å². The molecule has 2 aliphatic rings. The van der Waals surface area contributed by atoms with E-state index in [1.807, 2.05) is 11.4 Å². The van der Waals surface area contributed by atoms with Crippen molar-refractivity contribution in [3.8, 4) is 0 Å². The number of fused-ring (bicyclic) bond motifs is 2. The number of carboxylic acid groups (broad SMARTS) is 1. The number of aliphatic carboxylic acids is 1. The number of hydrogen-bond donors (Lipinski definition) is 2. The van der Waals surface area contributed by atoms with E-state index in [1.165, 1.54) is 40.9 Å². The second-order valence-corrected chi connectivity index (χ2v) is 10.7. The largest absolute Gasteiger partial charge is 0.480 e. The van der Waals surface area contributed by atoms with Crippen LogP contribution in [0.2, 0.25) is 0 Å². The van der Waals surface area contributed by atoms with Crippen molar-refractivity contribution >= 4 is 61.6 Å². The van der Waals surface area contributed by atoms with Crippen LogP contribution in [0.25, 0.3) is 21.0 Å². The van der Waals surface area contributed by atoms with Crippen molar-refractivity contribution in [2.24, 2.45) is 0 Å². The van der Waals surface area contributed by atoms with Crippen molar-refractivity contribution in [3.63, 3.8) is 0 Å². The van der Waals surface area contributed by atoms with Crippen molar-refractivity contribution in [3.05, 3.63) is 53.4 Å². The Morgan fingerprint density at radius 1 is 1.10 bits per heavy atom. The highest BCUT2D eigenvalue weighted by Crippen LogP contribution is 2.48. The lowest BCUT2D eigenvalue weighted by molar-refractivity contribution is -0.142. The average molecular weight is 448 g/mol. The number of carboxylic acids is 1. The van der Waals surface area contributed by atoms with E-state index in [1.54, 1.807) is 11.3 Å². The van der Waals surface area contributed by atoms with Crippen molar-refractivity contribution in [1.82, 2.24) is 9.97 Å². The Hall–Kier alpha value is -2.64. The van der Waals surface area contributed by atoms with Gasteiger partial charge in [0.1, 0.15) is 4.75 Å². The van der Waals surface area contributed by atoms with Gasteiger partial charge in [-0.3, -0.25) is 4.79 Å². The Kier molecular flexibility index (Phi) is 4.43. The predicted molar refractivity (Wildman–Crippen MR) is 127 cm³/mol. The summed E-state index contributed by atoms with van der Waals surface area (Å²) in [6, 6.07) is 14.9. The molecule has 0 radical (unpaired) electrons. The molecule has 5 nitrogen and oxygen atoms in total. The first-order valence-corrected chi connectivity index (χ1v) is 12.3. The van der Waals surface area contributed by atoms with E-state index in [-0.39, 0.29) is 0 Å². The fourth-order valence-electron chi connectivity index (χ4n) is 4.31. The van der Waals surface area contributed by atoms with Crippen molar-refractivity contribution < 1.29 is 9.90 Å². The molecule has 2 aromatic heterocycles. The fourth-order valence-corrected chi connectivity index (χ4v) is 6.30. The van der Waals surface area contributed by atoms with Crippen LogP contribution in [-0.2, 0) is 4.79 Å². The third-order valence-electron chi connectivity index (χ3n) is 6.35. The van der Waals surface area contributed by atoms with Crippen LogP contribution in [0.5, 0.6) is 0 Å². The number of thioether (sulfide) groups is 1. The van der Waals surface area contributed by atoms with Gasteiger partial charge in [-0.05, 0) is 66.5 Å². The molecule has 2 N–H and O–H groups in total. The van der Waals surface area contributed by atoms with E-state index in [2.05, 4.69) is 46.7 Å². The maximum atomic E-state index is 11.8. The van der Waals surface area contributed by atoms with Crippen LogP contribution in [0.3, 0.4) is 0 Å². The van der Waals surface area contributed by atoms with Gasteiger partial charge in [-0.1, -0.05) is 42.1 Å². The van der Waals surface area contributed by atoms with E-state index in [0.717, 1.165) is 28.1 Å². The number of anilines is 2. The zero-order chi connectivity index (χ0) is 21.0. The van der Waals surface area contributed by atoms with Gasteiger partial charge in [0.05, 0.1) is 10.2 Å². The summed E-state index contributed by atoms with van der Waals surface area (Å²) in [5.41, 5.74) is 3.29. The number of aromatic nitrogens is 2. The van der Waals surface area contributed by atoms with Crippen LogP contribution >= 0.6 is 23.1 Å². The Balaban J connectivity index is 1.42. The summed E-state index contributed by atoms with van der Waals surface area (Å²) in [5, 5.41) is 18.3. The molecule has 2 heterocycles. The van der Waals surface area contributed by atoms with Crippen LogP contribution in [0.15, 0.2) is 53.0 Å². The highest BCUT2D eigenvalue weighted by Gasteiger charge is 2.46. The molecule has 0 atom stereocenters. The lowest BCUT2D eigenvalue weighted by Gasteiger charge is -2.35. The molecule has 2 saturated carbocycles. The summed E-state index contributed by atoms with van der Waals surface area (Å²) in [6.45, 7) is 0. The Bertz CT molecular complexity index is 1330.